The first kappa shape index (κ1) is 24.4. The van der Waals surface area contributed by atoms with Crippen molar-refractivity contribution in [1.82, 2.24) is 25.2 Å². The molecule has 0 bridgehead atoms. The van der Waals surface area contributed by atoms with Crippen molar-refractivity contribution < 1.29 is 4.74 Å². The molecule has 172 valence electrons. The minimum absolute atomic E-state index is 0. The van der Waals surface area contributed by atoms with E-state index in [-0.39, 0.29) is 30.0 Å². The number of guanidine groups is 1. The number of pyridine rings is 1. The van der Waals surface area contributed by atoms with E-state index in [9.17, 15) is 0 Å². The lowest BCUT2D eigenvalue weighted by atomic mass is 10.2. The average molecular weight is 570 g/mol. The Morgan fingerprint density at radius 2 is 2.16 bits per heavy atom. The first-order valence-electron chi connectivity index (χ1n) is 10.6. The SMILES string of the molecule is CCNC(=NCCc1nnc2ccccn12)NC1CCN(c2cc(Cl)ccc2OC)C1.I. The number of hydrogen-bond donors (Lipinski definition) is 2. The summed E-state index contributed by atoms with van der Waals surface area (Å²) in [6.07, 6.45) is 3.71. The van der Waals surface area contributed by atoms with Gasteiger partial charge in [-0.3, -0.25) is 9.39 Å². The van der Waals surface area contributed by atoms with Crippen LogP contribution in [0.15, 0.2) is 47.6 Å². The van der Waals surface area contributed by atoms with Crippen molar-refractivity contribution in [3.8, 4) is 5.75 Å². The second-order valence-corrected chi connectivity index (χ2v) is 7.88. The lowest BCUT2D eigenvalue weighted by molar-refractivity contribution is 0.415. The number of fused-ring (bicyclic) bond motifs is 1. The molecule has 0 spiro atoms. The quantitative estimate of drug-likeness (QED) is 0.258. The van der Waals surface area contributed by atoms with Gasteiger partial charge in [0.1, 0.15) is 11.6 Å². The molecule has 2 N–H and O–H groups in total. The van der Waals surface area contributed by atoms with Gasteiger partial charge in [-0.2, -0.15) is 0 Å². The smallest absolute Gasteiger partial charge is 0.191 e. The summed E-state index contributed by atoms with van der Waals surface area (Å²) in [6.45, 7) is 5.29. The summed E-state index contributed by atoms with van der Waals surface area (Å²) in [4.78, 5) is 7.05. The highest BCUT2D eigenvalue weighted by Crippen LogP contribution is 2.33. The van der Waals surface area contributed by atoms with Crippen molar-refractivity contribution >= 4 is 52.9 Å². The van der Waals surface area contributed by atoms with E-state index < -0.39 is 0 Å². The molecule has 1 fully saturated rings. The molecule has 32 heavy (non-hydrogen) atoms. The minimum atomic E-state index is 0. The van der Waals surface area contributed by atoms with E-state index in [1.165, 1.54) is 0 Å². The maximum atomic E-state index is 6.21. The van der Waals surface area contributed by atoms with Crippen LogP contribution in [0.1, 0.15) is 19.2 Å². The third kappa shape index (κ3) is 5.74. The Balaban J connectivity index is 0.00000289. The molecule has 3 aromatic rings. The second kappa shape index (κ2) is 11.6. The van der Waals surface area contributed by atoms with Gasteiger partial charge in [0.05, 0.1) is 12.8 Å². The van der Waals surface area contributed by atoms with Crippen LogP contribution >= 0.6 is 35.6 Å². The van der Waals surface area contributed by atoms with Gasteiger partial charge in [-0.05, 0) is 43.7 Å². The lowest BCUT2D eigenvalue weighted by Gasteiger charge is -2.22. The van der Waals surface area contributed by atoms with Gasteiger partial charge in [0.2, 0.25) is 0 Å². The number of rotatable bonds is 7. The molecule has 1 unspecified atom stereocenters. The van der Waals surface area contributed by atoms with Crippen LogP contribution in [-0.4, -0.2) is 59.9 Å². The van der Waals surface area contributed by atoms with Crippen LogP contribution in [0.4, 0.5) is 5.69 Å². The Kier molecular flexibility index (Phi) is 8.80. The van der Waals surface area contributed by atoms with Crippen molar-refractivity contribution in [1.29, 1.82) is 0 Å². The van der Waals surface area contributed by atoms with E-state index >= 15 is 0 Å². The fourth-order valence-corrected chi connectivity index (χ4v) is 4.02. The van der Waals surface area contributed by atoms with Gasteiger partial charge in [-0.25, -0.2) is 0 Å². The molecule has 1 aliphatic rings. The molecule has 0 amide bonds. The molecular formula is C22H29ClIN7O. The molecular weight excluding hydrogens is 541 g/mol. The highest BCUT2D eigenvalue weighted by molar-refractivity contribution is 14.0. The van der Waals surface area contributed by atoms with Crippen LogP contribution in [-0.2, 0) is 6.42 Å². The number of aliphatic imine (C=N–C) groups is 1. The molecule has 1 aromatic carbocycles. The average Bonchev–Trinajstić information content (AvgIpc) is 3.41. The van der Waals surface area contributed by atoms with Crippen LogP contribution < -0.4 is 20.3 Å². The monoisotopic (exact) mass is 569 g/mol. The molecule has 4 rings (SSSR count). The third-order valence-corrected chi connectivity index (χ3v) is 5.58. The fourth-order valence-electron chi connectivity index (χ4n) is 3.85. The molecule has 1 atom stereocenters. The first-order valence-corrected chi connectivity index (χ1v) is 11.0. The van der Waals surface area contributed by atoms with E-state index in [0.29, 0.717) is 11.6 Å². The first-order chi connectivity index (χ1) is 15.2. The number of anilines is 1. The maximum absolute atomic E-state index is 6.21. The summed E-state index contributed by atoms with van der Waals surface area (Å²) in [6, 6.07) is 11.9. The van der Waals surface area contributed by atoms with E-state index in [4.69, 9.17) is 21.3 Å². The van der Waals surface area contributed by atoms with Gasteiger partial charge in [0, 0.05) is 49.9 Å². The summed E-state index contributed by atoms with van der Waals surface area (Å²) >= 11 is 6.21. The highest BCUT2D eigenvalue weighted by atomic mass is 127. The number of methoxy groups -OCH3 is 1. The summed E-state index contributed by atoms with van der Waals surface area (Å²) in [5.74, 6) is 2.57. The van der Waals surface area contributed by atoms with Crippen molar-refractivity contribution in [2.24, 2.45) is 4.99 Å². The van der Waals surface area contributed by atoms with Crippen molar-refractivity contribution in [2.75, 3.05) is 38.2 Å². The Bertz CT molecular complexity index is 1060. The Morgan fingerprint density at radius 1 is 1.28 bits per heavy atom. The number of ether oxygens (including phenoxy) is 1. The zero-order chi connectivity index (χ0) is 21.6. The van der Waals surface area contributed by atoms with Crippen LogP contribution in [0.5, 0.6) is 5.75 Å². The highest BCUT2D eigenvalue weighted by Gasteiger charge is 2.25. The van der Waals surface area contributed by atoms with Gasteiger partial charge in [0.15, 0.2) is 11.6 Å². The zero-order valence-corrected chi connectivity index (χ0v) is 21.4. The predicted molar refractivity (Wildman–Crippen MR) is 140 cm³/mol. The standard InChI is InChI=1S/C22H28ClN7O.HI/c1-3-24-22(25-11-9-21-28-27-20-6-4-5-12-30(20)21)26-17-10-13-29(15-17)18-14-16(23)7-8-19(18)31-2;/h4-8,12,14,17H,3,9-11,13,15H2,1-2H3,(H2,24,25,26);1H. The largest absolute Gasteiger partial charge is 0.495 e. The number of benzene rings is 1. The number of hydrogen-bond acceptors (Lipinski definition) is 5. The van der Waals surface area contributed by atoms with E-state index in [1.54, 1.807) is 7.11 Å². The second-order valence-electron chi connectivity index (χ2n) is 7.45. The number of halogens is 2. The predicted octanol–water partition coefficient (Wildman–Crippen LogP) is 3.39. The number of aromatic nitrogens is 3. The van der Waals surface area contributed by atoms with E-state index in [2.05, 4.69) is 32.7 Å². The van der Waals surface area contributed by atoms with Gasteiger partial charge >= 0.3 is 0 Å². The Morgan fingerprint density at radius 3 is 2.97 bits per heavy atom. The summed E-state index contributed by atoms with van der Waals surface area (Å²) in [7, 11) is 1.69. The molecule has 0 saturated carbocycles. The van der Waals surface area contributed by atoms with Crippen molar-refractivity contribution in [3.05, 3.63) is 53.4 Å². The minimum Gasteiger partial charge on any atom is -0.495 e. The number of nitrogens with zero attached hydrogens (tertiary/aromatic N) is 5. The van der Waals surface area contributed by atoms with Gasteiger partial charge in [-0.1, -0.05) is 17.7 Å². The van der Waals surface area contributed by atoms with Crippen molar-refractivity contribution in [3.63, 3.8) is 0 Å². The lowest BCUT2D eigenvalue weighted by Crippen LogP contribution is -2.44. The summed E-state index contributed by atoms with van der Waals surface area (Å²) in [5, 5.41) is 16.1. The van der Waals surface area contributed by atoms with Crippen LogP contribution in [0.25, 0.3) is 5.65 Å². The van der Waals surface area contributed by atoms with Crippen molar-refractivity contribution in [2.45, 2.75) is 25.8 Å². The van der Waals surface area contributed by atoms with Crippen LogP contribution in [0.3, 0.4) is 0 Å². The molecule has 8 nitrogen and oxygen atoms in total. The van der Waals surface area contributed by atoms with Crippen LogP contribution in [0, 0.1) is 0 Å². The molecule has 1 saturated heterocycles. The molecule has 3 heterocycles. The molecule has 0 radical (unpaired) electrons. The maximum Gasteiger partial charge on any atom is 0.191 e. The molecule has 1 aliphatic heterocycles. The van der Waals surface area contributed by atoms with Gasteiger partial charge in [-0.15, -0.1) is 34.2 Å². The number of nitrogens with one attached hydrogen (secondary N) is 2. The summed E-state index contributed by atoms with van der Waals surface area (Å²) in [5.41, 5.74) is 1.88. The third-order valence-electron chi connectivity index (χ3n) is 5.34. The molecule has 0 aliphatic carbocycles. The molecule has 2 aromatic heterocycles. The topological polar surface area (TPSA) is 79.1 Å². The summed E-state index contributed by atoms with van der Waals surface area (Å²) < 4.78 is 7.52. The Labute approximate surface area is 210 Å². The van der Waals surface area contributed by atoms with E-state index in [0.717, 1.165) is 61.3 Å². The zero-order valence-electron chi connectivity index (χ0n) is 18.3. The van der Waals surface area contributed by atoms with Gasteiger partial charge < -0.3 is 20.3 Å². The van der Waals surface area contributed by atoms with E-state index in [1.807, 2.05) is 47.0 Å². The van der Waals surface area contributed by atoms with Gasteiger partial charge in [0.25, 0.3) is 0 Å². The normalized spacial score (nSPS) is 16.2. The molecule has 10 heteroatoms. The Hall–Kier alpha value is -2.27. The van der Waals surface area contributed by atoms with Crippen LogP contribution in [0.2, 0.25) is 5.02 Å². The fraction of sp³-hybridized carbons (Fsp3) is 0.409.